The molecule has 0 radical (unpaired) electrons. The highest BCUT2D eigenvalue weighted by Gasteiger charge is 2.55. The molecule has 2 amide bonds. The molecule has 7 nitrogen and oxygen atoms in total. The van der Waals surface area contributed by atoms with E-state index in [4.69, 9.17) is 0 Å². The van der Waals surface area contributed by atoms with Crippen LogP contribution in [0.5, 0.6) is 0 Å². The number of piperidine rings is 1. The average molecular weight is 503 g/mol. The van der Waals surface area contributed by atoms with E-state index in [9.17, 15) is 15.0 Å². The first-order chi connectivity index (χ1) is 18.0. The molecule has 4 aliphatic carbocycles. The van der Waals surface area contributed by atoms with Crippen molar-refractivity contribution in [3.63, 3.8) is 0 Å². The molecule has 2 aromatic rings. The summed E-state index contributed by atoms with van der Waals surface area (Å²) < 4.78 is 0. The van der Waals surface area contributed by atoms with E-state index < -0.39 is 5.60 Å². The molecule has 2 heterocycles. The lowest BCUT2D eigenvalue weighted by Crippen LogP contribution is -2.63. The van der Waals surface area contributed by atoms with Crippen LogP contribution >= 0.6 is 0 Å². The molecular formula is C30H38N4O3. The van der Waals surface area contributed by atoms with Crippen LogP contribution in [0, 0.1) is 17.8 Å². The number of urea groups is 1. The second-order valence-corrected chi connectivity index (χ2v) is 12.2. The van der Waals surface area contributed by atoms with Crippen LogP contribution in [0.1, 0.15) is 44.9 Å². The molecule has 2 unspecified atom stereocenters. The van der Waals surface area contributed by atoms with Crippen LogP contribution in [0.2, 0.25) is 0 Å². The number of benzene rings is 2. The Morgan fingerprint density at radius 3 is 2.16 bits per heavy atom. The summed E-state index contributed by atoms with van der Waals surface area (Å²) in [5, 5.41) is 24.2. The maximum absolute atomic E-state index is 13.6. The van der Waals surface area contributed by atoms with Crippen molar-refractivity contribution in [3.05, 3.63) is 48.5 Å². The van der Waals surface area contributed by atoms with Gasteiger partial charge in [-0.25, -0.2) is 4.79 Å². The molecule has 4 saturated carbocycles. The minimum absolute atomic E-state index is 0.000743. The summed E-state index contributed by atoms with van der Waals surface area (Å²) in [6.45, 7) is 3.14. The van der Waals surface area contributed by atoms with Gasteiger partial charge >= 0.3 is 6.03 Å². The molecule has 5 fully saturated rings. The van der Waals surface area contributed by atoms with Crippen LogP contribution in [-0.2, 0) is 0 Å². The summed E-state index contributed by atoms with van der Waals surface area (Å²) in [4.78, 5) is 20.2. The monoisotopic (exact) mass is 502 g/mol. The molecule has 196 valence electrons. The average Bonchev–Trinajstić information content (AvgIpc) is 2.90. The molecule has 1 saturated heterocycles. The van der Waals surface area contributed by atoms with E-state index in [1.165, 1.54) is 5.69 Å². The van der Waals surface area contributed by atoms with Crippen LogP contribution < -0.4 is 20.0 Å². The number of hydrogen-bond acceptors (Lipinski definition) is 5. The molecule has 6 aliphatic rings. The number of aliphatic hydroxyl groups is 2. The van der Waals surface area contributed by atoms with Crippen molar-refractivity contribution in [2.45, 2.75) is 62.7 Å². The lowest BCUT2D eigenvalue weighted by atomic mass is 9.52. The van der Waals surface area contributed by atoms with Gasteiger partial charge in [-0.15, -0.1) is 0 Å². The first-order valence-electron chi connectivity index (χ1n) is 14.2. The zero-order valence-electron chi connectivity index (χ0n) is 21.4. The van der Waals surface area contributed by atoms with Crippen molar-refractivity contribution in [3.8, 4) is 0 Å². The Bertz CT molecular complexity index is 1150. The second kappa shape index (κ2) is 8.91. The molecule has 0 spiro atoms. The summed E-state index contributed by atoms with van der Waals surface area (Å²) in [6, 6.07) is 17.1. The van der Waals surface area contributed by atoms with Gasteiger partial charge in [0.1, 0.15) is 0 Å². The largest absolute Gasteiger partial charge is 0.393 e. The molecule has 4 bridgehead atoms. The summed E-state index contributed by atoms with van der Waals surface area (Å²) in [5.41, 5.74) is 3.84. The molecule has 2 aliphatic heterocycles. The van der Waals surface area contributed by atoms with Crippen LogP contribution in [0.25, 0.3) is 0 Å². The minimum Gasteiger partial charge on any atom is -0.393 e. The second-order valence-electron chi connectivity index (χ2n) is 12.2. The topological polar surface area (TPSA) is 79.3 Å². The van der Waals surface area contributed by atoms with Crippen LogP contribution in [0.3, 0.4) is 0 Å². The van der Waals surface area contributed by atoms with E-state index in [0.29, 0.717) is 24.3 Å². The van der Waals surface area contributed by atoms with Gasteiger partial charge in [-0.05, 0) is 99.1 Å². The number of para-hydroxylation sites is 2. The number of nitrogens with zero attached hydrogens (tertiary/aromatic N) is 3. The van der Waals surface area contributed by atoms with Gasteiger partial charge in [0.2, 0.25) is 0 Å². The number of aliphatic hydroxyl groups excluding tert-OH is 1. The molecule has 2 atom stereocenters. The number of rotatable bonds is 3. The van der Waals surface area contributed by atoms with Crippen LogP contribution in [0.4, 0.5) is 27.5 Å². The summed E-state index contributed by atoms with van der Waals surface area (Å²) in [7, 11) is 0. The van der Waals surface area contributed by atoms with E-state index in [0.717, 1.165) is 81.6 Å². The van der Waals surface area contributed by atoms with Gasteiger partial charge < -0.3 is 25.3 Å². The first-order valence-corrected chi connectivity index (χ1v) is 14.2. The molecule has 0 aromatic heterocycles. The van der Waals surface area contributed by atoms with Crippen molar-refractivity contribution in [2.75, 3.05) is 40.9 Å². The Balaban J connectivity index is 1.08. The maximum Gasteiger partial charge on any atom is 0.322 e. The fourth-order valence-electron chi connectivity index (χ4n) is 8.25. The number of hydrogen-bond donors (Lipinski definition) is 3. The summed E-state index contributed by atoms with van der Waals surface area (Å²) >= 11 is 0. The Hall–Kier alpha value is -2.77. The number of carbonyl (C=O) groups excluding carboxylic acids is 1. The number of carbonyl (C=O) groups is 1. The van der Waals surface area contributed by atoms with E-state index >= 15 is 0 Å². The standard InChI is InChI=1S/C30H38N4O3/c35-25-9-11-32(12-10-25)23-5-7-24(8-6-23)33-13-14-34(27-4-2-1-3-26(27)33)29(36)31-28-21-15-20-16-22(28)19-30(37,17-20)18-21/h1-8,20-22,25,28,35,37H,9-19H2,(H,31,36). The summed E-state index contributed by atoms with van der Waals surface area (Å²) in [5.74, 6) is 1.43. The normalized spacial score (nSPS) is 33.0. The van der Waals surface area contributed by atoms with Crippen molar-refractivity contribution in [1.29, 1.82) is 0 Å². The highest BCUT2D eigenvalue weighted by Crippen LogP contribution is 2.55. The third-order valence-electron chi connectivity index (χ3n) is 9.78. The van der Waals surface area contributed by atoms with Gasteiger partial charge in [-0.1, -0.05) is 12.1 Å². The quantitative estimate of drug-likeness (QED) is 0.585. The molecular weight excluding hydrogens is 464 g/mol. The third-order valence-corrected chi connectivity index (χ3v) is 9.78. The number of fused-ring (bicyclic) bond motifs is 1. The Morgan fingerprint density at radius 2 is 1.49 bits per heavy atom. The van der Waals surface area contributed by atoms with Crippen molar-refractivity contribution in [2.24, 2.45) is 17.8 Å². The highest BCUT2D eigenvalue weighted by molar-refractivity contribution is 5.98. The fraction of sp³-hybridized carbons (Fsp3) is 0.567. The van der Waals surface area contributed by atoms with E-state index in [1.807, 2.05) is 23.1 Å². The van der Waals surface area contributed by atoms with E-state index in [1.54, 1.807) is 0 Å². The highest BCUT2D eigenvalue weighted by atomic mass is 16.3. The van der Waals surface area contributed by atoms with Crippen molar-refractivity contribution >= 4 is 28.8 Å². The van der Waals surface area contributed by atoms with Crippen molar-refractivity contribution < 1.29 is 15.0 Å². The SMILES string of the molecule is O=C(NC1C2CC3CC1CC(O)(C3)C2)N1CCN(c2ccc(N3CCC(O)CC3)cc2)c2ccccc21. The lowest BCUT2D eigenvalue weighted by molar-refractivity contribution is -0.136. The van der Waals surface area contributed by atoms with Crippen LogP contribution in [0.15, 0.2) is 48.5 Å². The zero-order valence-corrected chi connectivity index (χ0v) is 21.4. The molecule has 2 aromatic carbocycles. The Labute approximate surface area is 219 Å². The fourth-order valence-corrected chi connectivity index (χ4v) is 8.25. The predicted molar refractivity (Wildman–Crippen MR) is 146 cm³/mol. The van der Waals surface area contributed by atoms with Crippen LogP contribution in [-0.4, -0.2) is 60.2 Å². The zero-order chi connectivity index (χ0) is 25.1. The van der Waals surface area contributed by atoms with Gasteiger partial charge in [0.25, 0.3) is 0 Å². The van der Waals surface area contributed by atoms with Crippen molar-refractivity contribution in [1.82, 2.24) is 5.32 Å². The molecule has 37 heavy (non-hydrogen) atoms. The lowest BCUT2D eigenvalue weighted by Gasteiger charge is -2.58. The van der Waals surface area contributed by atoms with Gasteiger partial charge in [-0.2, -0.15) is 0 Å². The maximum atomic E-state index is 13.6. The number of anilines is 4. The van der Waals surface area contributed by atoms with E-state index in [-0.39, 0.29) is 18.2 Å². The number of nitrogens with one attached hydrogen (secondary N) is 1. The third kappa shape index (κ3) is 4.16. The molecule has 8 rings (SSSR count). The summed E-state index contributed by atoms with van der Waals surface area (Å²) in [6.07, 6.45) is 6.39. The number of amides is 2. The van der Waals surface area contributed by atoms with Gasteiger partial charge in [0, 0.05) is 43.6 Å². The Morgan fingerprint density at radius 1 is 0.838 bits per heavy atom. The molecule has 7 heteroatoms. The smallest absolute Gasteiger partial charge is 0.322 e. The Kier molecular flexibility index (Phi) is 5.63. The molecule has 3 N–H and O–H groups in total. The van der Waals surface area contributed by atoms with Gasteiger partial charge in [0.15, 0.2) is 0 Å². The van der Waals surface area contributed by atoms with E-state index in [2.05, 4.69) is 45.4 Å². The first kappa shape index (κ1) is 23.4. The van der Waals surface area contributed by atoms with Gasteiger partial charge in [0.05, 0.1) is 23.1 Å². The van der Waals surface area contributed by atoms with Gasteiger partial charge in [-0.3, -0.25) is 4.90 Å². The predicted octanol–water partition coefficient (Wildman–Crippen LogP) is 4.26. The minimum atomic E-state index is -0.485.